The van der Waals surface area contributed by atoms with Crippen LogP contribution in [-0.2, 0) is 17.6 Å². The second-order valence-corrected chi connectivity index (χ2v) is 8.84. The Morgan fingerprint density at radius 2 is 2.07 bits per heavy atom. The topological polar surface area (TPSA) is 53.4 Å². The highest BCUT2D eigenvalue weighted by atomic mass is 32.2. The number of hydrogen-bond donors (Lipinski definition) is 0. The highest BCUT2D eigenvalue weighted by Gasteiger charge is 2.23. The van der Waals surface area contributed by atoms with E-state index in [-0.39, 0.29) is 5.56 Å². The number of thioether (sulfide) groups is 1. The summed E-state index contributed by atoms with van der Waals surface area (Å²) in [5, 5.41) is 1.56. The van der Waals surface area contributed by atoms with Gasteiger partial charge in [-0.25, -0.2) is 4.98 Å². The molecule has 5 nitrogen and oxygen atoms in total. The quantitative estimate of drug-likeness (QED) is 0.308. The standard InChI is InChI=1S/C21H24N2O3S2/c1-3-26-15-10-8-14(9-11-15)23-20(24)18-16-6-4-7-17(16)28-19(18)22-21(23)27-13-5-12-25-2/h8-11H,3-7,12-13H2,1-2H3. The van der Waals surface area contributed by atoms with Crippen LogP contribution < -0.4 is 10.3 Å². The molecule has 0 saturated carbocycles. The average Bonchev–Trinajstić information content (AvgIpc) is 3.27. The summed E-state index contributed by atoms with van der Waals surface area (Å²) < 4.78 is 12.5. The molecule has 0 aliphatic heterocycles. The molecule has 0 saturated heterocycles. The van der Waals surface area contributed by atoms with Gasteiger partial charge in [0.05, 0.1) is 17.7 Å². The summed E-state index contributed by atoms with van der Waals surface area (Å²) in [4.78, 5) is 20.6. The van der Waals surface area contributed by atoms with Crippen LogP contribution in [0.2, 0.25) is 0 Å². The number of benzene rings is 1. The molecule has 148 valence electrons. The first kappa shape index (κ1) is 19.5. The summed E-state index contributed by atoms with van der Waals surface area (Å²) in [7, 11) is 1.71. The van der Waals surface area contributed by atoms with Gasteiger partial charge in [0.2, 0.25) is 0 Å². The largest absolute Gasteiger partial charge is 0.494 e. The first-order valence-electron chi connectivity index (χ1n) is 9.65. The van der Waals surface area contributed by atoms with Crippen molar-refractivity contribution in [2.45, 2.75) is 37.8 Å². The number of hydrogen-bond acceptors (Lipinski definition) is 6. The molecule has 2 aromatic heterocycles. The van der Waals surface area contributed by atoms with Crippen LogP contribution >= 0.6 is 23.1 Å². The fourth-order valence-electron chi connectivity index (χ4n) is 3.57. The predicted octanol–water partition coefficient (Wildman–Crippen LogP) is 4.46. The van der Waals surface area contributed by atoms with Gasteiger partial charge in [0.15, 0.2) is 5.16 Å². The van der Waals surface area contributed by atoms with E-state index < -0.39 is 0 Å². The molecular weight excluding hydrogens is 392 g/mol. The van der Waals surface area contributed by atoms with Crippen LogP contribution in [0.15, 0.2) is 34.2 Å². The number of methoxy groups -OCH3 is 1. The van der Waals surface area contributed by atoms with E-state index >= 15 is 0 Å². The summed E-state index contributed by atoms with van der Waals surface area (Å²) in [5.41, 5.74) is 2.09. The highest BCUT2D eigenvalue weighted by molar-refractivity contribution is 7.99. The third-order valence-electron chi connectivity index (χ3n) is 4.84. The van der Waals surface area contributed by atoms with E-state index in [1.54, 1.807) is 34.8 Å². The smallest absolute Gasteiger partial charge is 0.267 e. The molecule has 0 bridgehead atoms. The Morgan fingerprint density at radius 3 is 2.82 bits per heavy atom. The van der Waals surface area contributed by atoms with E-state index in [2.05, 4.69) is 0 Å². The van der Waals surface area contributed by atoms with Gasteiger partial charge in [0, 0.05) is 24.3 Å². The van der Waals surface area contributed by atoms with Crippen molar-refractivity contribution in [3.8, 4) is 11.4 Å². The maximum absolute atomic E-state index is 13.5. The summed E-state index contributed by atoms with van der Waals surface area (Å²) in [6.07, 6.45) is 4.09. The molecule has 7 heteroatoms. The summed E-state index contributed by atoms with van der Waals surface area (Å²) >= 11 is 3.30. The third kappa shape index (κ3) is 3.71. The van der Waals surface area contributed by atoms with Gasteiger partial charge in [-0.2, -0.15) is 0 Å². The molecule has 4 rings (SSSR count). The summed E-state index contributed by atoms with van der Waals surface area (Å²) in [6, 6.07) is 7.69. The van der Waals surface area contributed by atoms with Crippen molar-refractivity contribution in [3.63, 3.8) is 0 Å². The first-order chi connectivity index (χ1) is 13.7. The van der Waals surface area contributed by atoms with Gasteiger partial charge in [-0.05, 0) is 62.4 Å². The number of fused-ring (bicyclic) bond motifs is 3. The minimum absolute atomic E-state index is 0.0443. The lowest BCUT2D eigenvalue weighted by Crippen LogP contribution is -2.22. The van der Waals surface area contributed by atoms with Crippen molar-refractivity contribution in [3.05, 3.63) is 45.1 Å². The monoisotopic (exact) mass is 416 g/mol. The van der Waals surface area contributed by atoms with Gasteiger partial charge in [0.25, 0.3) is 5.56 Å². The van der Waals surface area contributed by atoms with Crippen LogP contribution in [0.4, 0.5) is 0 Å². The van der Waals surface area contributed by atoms with E-state index in [4.69, 9.17) is 14.5 Å². The number of thiophene rings is 1. The molecule has 1 aliphatic rings. The molecule has 0 radical (unpaired) electrons. The molecule has 0 amide bonds. The maximum atomic E-state index is 13.5. The summed E-state index contributed by atoms with van der Waals surface area (Å²) in [6.45, 7) is 3.28. The van der Waals surface area contributed by atoms with Crippen LogP contribution in [0.5, 0.6) is 5.75 Å². The van der Waals surface area contributed by atoms with Crippen molar-refractivity contribution in [1.82, 2.24) is 9.55 Å². The molecule has 28 heavy (non-hydrogen) atoms. The van der Waals surface area contributed by atoms with E-state index in [0.29, 0.717) is 13.2 Å². The number of aryl methyl sites for hydroxylation is 2. The number of aromatic nitrogens is 2. The van der Waals surface area contributed by atoms with Crippen LogP contribution in [0.25, 0.3) is 15.9 Å². The van der Waals surface area contributed by atoms with Crippen LogP contribution in [0.1, 0.15) is 30.2 Å². The fourth-order valence-corrected chi connectivity index (χ4v) is 5.80. The maximum Gasteiger partial charge on any atom is 0.267 e. The Kier molecular flexibility index (Phi) is 6.04. The third-order valence-corrected chi connectivity index (χ3v) is 7.05. The molecule has 0 N–H and O–H groups in total. The lowest BCUT2D eigenvalue weighted by Gasteiger charge is -2.13. The molecule has 3 aromatic rings. The Hall–Kier alpha value is -1.83. The molecule has 2 heterocycles. The molecule has 1 aliphatic carbocycles. The molecular formula is C21H24N2O3S2. The molecule has 1 aromatic carbocycles. The zero-order valence-corrected chi connectivity index (χ0v) is 17.8. The van der Waals surface area contributed by atoms with Gasteiger partial charge >= 0.3 is 0 Å². The Bertz CT molecular complexity index is 1020. The van der Waals surface area contributed by atoms with Crippen molar-refractivity contribution >= 4 is 33.3 Å². The minimum atomic E-state index is 0.0443. The van der Waals surface area contributed by atoms with Gasteiger partial charge in [0.1, 0.15) is 10.6 Å². The normalized spacial score (nSPS) is 13.2. The van der Waals surface area contributed by atoms with E-state index in [1.165, 1.54) is 10.4 Å². The summed E-state index contributed by atoms with van der Waals surface area (Å²) in [5.74, 6) is 1.66. The van der Waals surface area contributed by atoms with Crippen molar-refractivity contribution in [2.75, 3.05) is 26.1 Å². The van der Waals surface area contributed by atoms with Crippen molar-refractivity contribution in [1.29, 1.82) is 0 Å². The van der Waals surface area contributed by atoms with Crippen LogP contribution in [0.3, 0.4) is 0 Å². The SMILES string of the molecule is CCOc1ccc(-n2c(SCCCOC)nc3sc4c(c3c2=O)CCC4)cc1. The van der Waals surface area contributed by atoms with Crippen LogP contribution in [0, 0.1) is 0 Å². The first-order valence-corrected chi connectivity index (χ1v) is 11.5. The average molecular weight is 417 g/mol. The zero-order chi connectivity index (χ0) is 19.5. The van der Waals surface area contributed by atoms with E-state index in [0.717, 1.165) is 58.2 Å². The molecule has 0 unspecified atom stereocenters. The van der Waals surface area contributed by atoms with Gasteiger partial charge < -0.3 is 9.47 Å². The number of rotatable bonds is 8. The predicted molar refractivity (Wildman–Crippen MR) is 116 cm³/mol. The van der Waals surface area contributed by atoms with Crippen LogP contribution in [-0.4, -0.2) is 35.6 Å². The van der Waals surface area contributed by atoms with Gasteiger partial charge in [-0.1, -0.05) is 11.8 Å². The zero-order valence-electron chi connectivity index (χ0n) is 16.2. The number of ether oxygens (including phenoxy) is 2. The van der Waals surface area contributed by atoms with Gasteiger partial charge in [-0.15, -0.1) is 11.3 Å². The minimum Gasteiger partial charge on any atom is -0.494 e. The Balaban J connectivity index is 1.80. The fraction of sp³-hybridized carbons (Fsp3) is 0.429. The molecule has 0 spiro atoms. The highest BCUT2D eigenvalue weighted by Crippen LogP contribution is 2.36. The lowest BCUT2D eigenvalue weighted by molar-refractivity contribution is 0.200. The van der Waals surface area contributed by atoms with Gasteiger partial charge in [-0.3, -0.25) is 9.36 Å². The second-order valence-electron chi connectivity index (χ2n) is 6.69. The lowest BCUT2D eigenvalue weighted by atomic mass is 10.2. The van der Waals surface area contributed by atoms with Crippen molar-refractivity contribution in [2.24, 2.45) is 0 Å². The Morgan fingerprint density at radius 1 is 1.25 bits per heavy atom. The number of nitrogens with zero attached hydrogens (tertiary/aromatic N) is 2. The van der Waals surface area contributed by atoms with E-state index in [9.17, 15) is 4.79 Å². The molecule has 0 fully saturated rings. The second kappa shape index (κ2) is 8.68. The Labute approximate surface area is 172 Å². The van der Waals surface area contributed by atoms with Crippen molar-refractivity contribution < 1.29 is 9.47 Å². The van der Waals surface area contributed by atoms with E-state index in [1.807, 2.05) is 31.2 Å². The molecule has 0 atom stereocenters.